The van der Waals surface area contributed by atoms with E-state index in [0.717, 1.165) is 22.5 Å². The molecule has 0 saturated heterocycles. The number of hydrogen-bond donors (Lipinski definition) is 1. The Kier molecular flexibility index (Phi) is 5.68. The van der Waals surface area contributed by atoms with Gasteiger partial charge in [0.2, 0.25) is 11.1 Å². The van der Waals surface area contributed by atoms with Crippen LogP contribution < -0.4 is 5.32 Å². The van der Waals surface area contributed by atoms with Crippen LogP contribution in [0.1, 0.15) is 12.5 Å². The van der Waals surface area contributed by atoms with Crippen molar-refractivity contribution in [3.05, 3.63) is 65.5 Å². The number of aromatic nitrogens is 5. The molecule has 1 unspecified atom stereocenters. The molecule has 0 saturated carbocycles. The van der Waals surface area contributed by atoms with Gasteiger partial charge in [-0.25, -0.2) is 4.98 Å². The summed E-state index contributed by atoms with van der Waals surface area (Å²) in [5, 5.41) is 17.4. The van der Waals surface area contributed by atoms with Crippen molar-refractivity contribution in [1.29, 1.82) is 0 Å². The number of amides is 1. The average molecular weight is 423 g/mol. The fourth-order valence-electron chi connectivity index (χ4n) is 2.67. The largest absolute Gasteiger partial charge is 0.301 e. The minimum Gasteiger partial charge on any atom is -0.301 e. The van der Waals surface area contributed by atoms with Crippen molar-refractivity contribution in [1.82, 2.24) is 25.2 Å². The van der Waals surface area contributed by atoms with Crippen molar-refractivity contribution in [3.63, 3.8) is 0 Å². The van der Waals surface area contributed by atoms with Crippen LogP contribution in [-0.4, -0.2) is 36.3 Å². The number of benzene rings is 2. The molecular weight excluding hydrogens is 404 g/mol. The summed E-state index contributed by atoms with van der Waals surface area (Å²) in [5.41, 5.74) is 3.83. The van der Waals surface area contributed by atoms with Gasteiger partial charge in [0.05, 0.1) is 16.6 Å². The van der Waals surface area contributed by atoms with E-state index in [1.807, 2.05) is 73.8 Å². The summed E-state index contributed by atoms with van der Waals surface area (Å²) in [6.07, 6.45) is 0. The van der Waals surface area contributed by atoms with Crippen molar-refractivity contribution in [2.45, 2.75) is 24.3 Å². The number of nitrogens with zero attached hydrogens (tertiary/aromatic N) is 5. The number of rotatable bonds is 6. The molecule has 0 aliphatic rings. The van der Waals surface area contributed by atoms with Crippen LogP contribution >= 0.6 is 23.1 Å². The third kappa shape index (κ3) is 4.52. The van der Waals surface area contributed by atoms with E-state index in [1.54, 1.807) is 4.68 Å². The summed E-state index contributed by atoms with van der Waals surface area (Å²) in [6, 6.07) is 17.7. The Bertz CT molecular complexity index is 1120. The fraction of sp³-hybridized carbons (Fsp3) is 0.150. The number of carbonyl (C=O) groups excluding carboxylic acids is 1. The number of thiazole rings is 1. The average Bonchev–Trinajstić information content (AvgIpc) is 3.38. The molecule has 0 aliphatic carbocycles. The molecule has 29 heavy (non-hydrogen) atoms. The number of hydrogen-bond acceptors (Lipinski definition) is 7. The lowest BCUT2D eigenvalue weighted by atomic mass is 10.2. The Morgan fingerprint density at radius 3 is 2.79 bits per heavy atom. The van der Waals surface area contributed by atoms with E-state index in [-0.39, 0.29) is 5.91 Å². The zero-order valence-corrected chi connectivity index (χ0v) is 17.4. The van der Waals surface area contributed by atoms with Crippen molar-refractivity contribution < 1.29 is 4.79 Å². The van der Waals surface area contributed by atoms with Crippen LogP contribution in [0, 0.1) is 6.92 Å². The van der Waals surface area contributed by atoms with Gasteiger partial charge < -0.3 is 5.32 Å². The van der Waals surface area contributed by atoms with E-state index in [2.05, 4.69) is 25.8 Å². The van der Waals surface area contributed by atoms with Crippen LogP contribution in [-0.2, 0) is 4.79 Å². The highest BCUT2D eigenvalue weighted by Gasteiger charge is 2.20. The first-order valence-corrected chi connectivity index (χ1v) is 10.7. The van der Waals surface area contributed by atoms with Gasteiger partial charge in [-0.1, -0.05) is 54.2 Å². The van der Waals surface area contributed by atoms with Crippen molar-refractivity contribution in [2.75, 3.05) is 5.32 Å². The summed E-state index contributed by atoms with van der Waals surface area (Å²) < 4.78 is 1.64. The zero-order valence-electron chi connectivity index (χ0n) is 15.8. The van der Waals surface area contributed by atoms with Gasteiger partial charge in [0, 0.05) is 10.9 Å². The van der Waals surface area contributed by atoms with Crippen LogP contribution in [0.4, 0.5) is 5.13 Å². The SMILES string of the molecule is Cc1cccc(-n2nnnc2SC(C)C(=O)Nc2nc(-c3ccccc3)cs2)c1. The molecule has 1 atom stereocenters. The minimum atomic E-state index is -0.395. The minimum absolute atomic E-state index is 0.150. The number of thioether (sulfide) groups is 1. The molecule has 4 aromatic rings. The van der Waals surface area contributed by atoms with Gasteiger partial charge in [0.25, 0.3) is 0 Å². The number of tetrazole rings is 1. The van der Waals surface area contributed by atoms with Gasteiger partial charge in [-0.05, 0) is 42.0 Å². The molecule has 0 aliphatic heterocycles. The molecule has 7 nitrogen and oxygen atoms in total. The van der Waals surface area contributed by atoms with E-state index in [9.17, 15) is 4.79 Å². The fourth-order valence-corrected chi connectivity index (χ4v) is 4.20. The summed E-state index contributed by atoms with van der Waals surface area (Å²) in [7, 11) is 0. The van der Waals surface area contributed by atoms with Crippen molar-refractivity contribution in [2.24, 2.45) is 0 Å². The van der Waals surface area contributed by atoms with Crippen molar-refractivity contribution in [3.8, 4) is 16.9 Å². The number of anilines is 1. The zero-order chi connectivity index (χ0) is 20.2. The molecule has 4 rings (SSSR count). The highest BCUT2D eigenvalue weighted by atomic mass is 32.2. The molecule has 0 spiro atoms. The van der Waals surface area contributed by atoms with Crippen LogP contribution in [0.3, 0.4) is 0 Å². The second-order valence-electron chi connectivity index (χ2n) is 6.37. The maximum atomic E-state index is 12.6. The van der Waals surface area contributed by atoms with Gasteiger partial charge in [-0.3, -0.25) is 4.79 Å². The van der Waals surface area contributed by atoms with Crippen LogP contribution in [0.15, 0.2) is 65.1 Å². The highest BCUT2D eigenvalue weighted by Crippen LogP contribution is 2.27. The maximum Gasteiger partial charge on any atom is 0.239 e. The Labute approximate surface area is 176 Å². The molecule has 0 fully saturated rings. The Balaban J connectivity index is 1.44. The molecule has 1 N–H and O–H groups in total. The summed E-state index contributed by atoms with van der Waals surface area (Å²) in [5.74, 6) is -0.150. The van der Waals surface area contributed by atoms with Crippen molar-refractivity contribution >= 4 is 34.1 Å². The lowest BCUT2D eigenvalue weighted by molar-refractivity contribution is -0.115. The molecule has 2 heterocycles. The quantitative estimate of drug-likeness (QED) is 0.469. The first kappa shape index (κ1) is 19.3. The number of nitrogens with one attached hydrogen (secondary N) is 1. The van der Waals surface area contributed by atoms with Crippen LogP contribution in [0.5, 0.6) is 0 Å². The third-order valence-corrected chi connectivity index (χ3v) is 5.93. The number of carbonyl (C=O) groups is 1. The van der Waals surface area contributed by atoms with Crippen LogP contribution in [0.25, 0.3) is 16.9 Å². The number of aryl methyl sites for hydroxylation is 1. The van der Waals surface area contributed by atoms with E-state index in [0.29, 0.717) is 10.3 Å². The molecule has 0 radical (unpaired) electrons. The molecular formula is C20H18N6OS2. The smallest absolute Gasteiger partial charge is 0.239 e. The van der Waals surface area contributed by atoms with E-state index >= 15 is 0 Å². The first-order valence-electron chi connectivity index (χ1n) is 8.94. The second kappa shape index (κ2) is 8.54. The molecule has 9 heteroatoms. The molecule has 2 aromatic carbocycles. The van der Waals surface area contributed by atoms with Crippen LogP contribution in [0.2, 0.25) is 0 Å². The van der Waals surface area contributed by atoms with E-state index in [1.165, 1.54) is 23.1 Å². The third-order valence-electron chi connectivity index (χ3n) is 4.14. The molecule has 1 amide bonds. The van der Waals surface area contributed by atoms with Gasteiger partial charge in [-0.15, -0.1) is 16.4 Å². The summed E-state index contributed by atoms with van der Waals surface area (Å²) in [6.45, 7) is 3.83. The van der Waals surface area contributed by atoms with Gasteiger partial charge in [-0.2, -0.15) is 4.68 Å². The second-order valence-corrected chi connectivity index (χ2v) is 8.53. The normalized spacial score (nSPS) is 11.9. The Hall–Kier alpha value is -3.04. The predicted molar refractivity (Wildman–Crippen MR) is 115 cm³/mol. The first-order chi connectivity index (χ1) is 14.1. The van der Waals surface area contributed by atoms with Gasteiger partial charge in [0.15, 0.2) is 5.13 Å². The standard InChI is InChI=1S/C20H18N6OS2/c1-13-7-6-10-16(11-13)26-20(23-24-25-26)29-14(2)18(27)22-19-21-17(12-28-19)15-8-4-3-5-9-15/h3-12,14H,1-2H3,(H,21,22,27). The van der Waals surface area contributed by atoms with Gasteiger partial charge >= 0.3 is 0 Å². The molecule has 2 aromatic heterocycles. The van der Waals surface area contributed by atoms with E-state index < -0.39 is 5.25 Å². The topological polar surface area (TPSA) is 85.6 Å². The predicted octanol–water partition coefficient (Wildman–Crippen LogP) is 4.21. The monoisotopic (exact) mass is 422 g/mol. The lowest BCUT2D eigenvalue weighted by Crippen LogP contribution is -2.22. The summed E-state index contributed by atoms with van der Waals surface area (Å²) >= 11 is 2.70. The molecule has 146 valence electrons. The maximum absolute atomic E-state index is 12.6. The lowest BCUT2D eigenvalue weighted by Gasteiger charge is -2.10. The van der Waals surface area contributed by atoms with E-state index in [4.69, 9.17) is 0 Å². The highest BCUT2D eigenvalue weighted by molar-refractivity contribution is 8.00. The molecule has 0 bridgehead atoms. The van der Waals surface area contributed by atoms with Gasteiger partial charge in [0.1, 0.15) is 0 Å². The Morgan fingerprint density at radius 2 is 2.00 bits per heavy atom. The summed E-state index contributed by atoms with van der Waals surface area (Å²) in [4.78, 5) is 17.1. The Morgan fingerprint density at radius 1 is 1.17 bits per heavy atom.